The molecule has 0 spiro atoms. The van der Waals surface area contributed by atoms with E-state index in [1.807, 2.05) is 20.8 Å². The lowest BCUT2D eigenvalue weighted by molar-refractivity contribution is 0.241. The predicted octanol–water partition coefficient (Wildman–Crippen LogP) is 4.20. The Labute approximate surface area is 155 Å². The van der Waals surface area contributed by atoms with Gasteiger partial charge in [0.25, 0.3) is 0 Å². The van der Waals surface area contributed by atoms with E-state index in [9.17, 15) is 9.18 Å². The number of ether oxygens (including phenoxy) is 1. The van der Waals surface area contributed by atoms with Crippen molar-refractivity contribution in [2.45, 2.75) is 26.8 Å². The first-order valence-corrected chi connectivity index (χ1v) is 8.51. The number of rotatable bonds is 5. The third kappa shape index (κ3) is 3.99. The van der Waals surface area contributed by atoms with Gasteiger partial charge in [0.1, 0.15) is 17.2 Å². The van der Waals surface area contributed by atoms with E-state index in [2.05, 4.69) is 20.6 Å². The molecular formula is C19H21FN4O3. The van der Waals surface area contributed by atoms with Crippen LogP contribution in [0.1, 0.15) is 31.2 Å². The van der Waals surface area contributed by atoms with Gasteiger partial charge in [-0.25, -0.2) is 19.2 Å². The standard InChI is InChI=1S/C19H21FN4O3/c1-10(2)16(17-11(3)14-7-12(20)5-6-15(14)27-17)24-18(25)23-13-8-21-19(26-4)22-9-13/h5-10,16H,1-4H3,(H2,23,24,25)/t16-/m0/s1. The van der Waals surface area contributed by atoms with Gasteiger partial charge in [-0.05, 0) is 31.0 Å². The van der Waals surface area contributed by atoms with Gasteiger partial charge in [-0.15, -0.1) is 0 Å². The molecule has 0 saturated heterocycles. The van der Waals surface area contributed by atoms with Crippen LogP contribution in [0.4, 0.5) is 14.9 Å². The first-order chi connectivity index (χ1) is 12.9. The van der Waals surface area contributed by atoms with E-state index in [0.717, 1.165) is 5.56 Å². The maximum absolute atomic E-state index is 13.5. The normalized spacial score (nSPS) is 12.2. The zero-order valence-electron chi connectivity index (χ0n) is 15.5. The van der Waals surface area contributed by atoms with Crippen molar-refractivity contribution in [2.24, 2.45) is 5.92 Å². The number of urea groups is 1. The first-order valence-electron chi connectivity index (χ1n) is 8.51. The molecule has 1 atom stereocenters. The van der Waals surface area contributed by atoms with Crippen LogP contribution in [0, 0.1) is 18.7 Å². The molecule has 3 aromatic rings. The third-order valence-electron chi connectivity index (χ3n) is 4.24. The van der Waals surface area contributed by atoms with Crippen LogP contribution in [0.15, 0.2) is 35.0 Å². The Bertz CT molecular complexity index is 953. The molecule has 0 aliphatic rings. The highest BCUT2D eigenvalue weighted by Gasteiger charge is 2.25. The lowest BCUT2D eigenvalue weighted by atomic mass is 9.98. The Morgan fingerprint density at radius 1 is 1.26 bits per heavy atom. The first kappa shape index (κ1) is 18.6. The Morgan fingerprint density at radius 3 is 2.59 bits per heavy atom. The average molecular weight is 372 g/mol. The molecule has 1 aromatic carbocycles. The smallest absolute Gasteiger partial charge is 0.319 e. The van der Waals surface area contributed by atoms with Gasteiger partial charge in [-0.2, -0.15) is 0 Å². The number of benzene rings is 1. The van der Waals surface area contributed by atoms with Gasteiger partial charge >= 0.3 is 12.0 Å². The SMILES string of the molecule is COc1ncc(NC(=O)N[C@H](c2oc3ccc(F)cc3c2C)C(C)C)cn1. The van der Waals surface area contributed by atoms with Gasteiger partial charge in [0.2, 0.25) is 0 Å². The number of nitrogens with one attached hydrogen (secondary N) is 2. The van der Waals surface area contributed by atoms with Crippen LogP contribution in [0.2, 0.25) is 0 Å². The summed E-state index contributed by atoms with van der Waals surface area (Å²) in [5.74, 6) is 0.322. The molecule has 0 aliphatic carbocycles. The molecule has 8 heteroatoms. The zero-order valence-corrected chi connectivity index (χ0v) is 15.5. The number of furan rings is 1. The van der Waals surface area contributed by atoms with Crippen LogP contribution in [0.3, 0.4) is 0 Å². The maximum atomic E-state index is 13.5. The number of amides is 2. The molecule has 2 heterocycles. The molecule has 3 rings (SSSR count). The summed E-state index contributed by atoms with van der Waals surface area (Å²) in [7, 11) is 1.46. The summed E-state index contributed by atoms with van der Waals surface area (Å²) in [6.07, 6.45) is 2.90. The fourth-order valence-corrected chi connectivity index (χ4v) is 2.84. The predicted molar refractivity (Wildman–Crippen MR) is 99.2 cm³/mol. The molecule has 0 radical (unpaired) electrons. The van der Waals surface area contributed by atoms with Gasteiger partial charge in [0.15, 0.2) is 0 Å². The summed E-state index contributed by atoms with van der Waals surface area (Å²) in [5.41, 5.74) is 1.82. The number of methoxy groups -OCH3 is 1. The number of carbonyl (C=O) groups excluding carboxylic acids is 1. The average Bonchev–Trinajstić information content (AvgIpc) is 2.96. The molecule has 0 unspecified atom stereocenters. The molecular weight excluding hydrogens is 351 g/mol. The number of halogens is 1. The van der Waals surface area contributed by atoms with Crippen molar-refractivity contribution < 1.29 is 18.3 Å². The molecule has 0 saturated carbocycles. The monoisotopic (exact) mass is 372 g/mol. The van der Waals surface area contributed by atoms with E-state index in [1.54, 1.807) is 6.07 Å². The summed E-state index contributed by atoms with van der Waals surface area (Å²) >= 11 is 0. The fraction of sp³-hybridized carbons (Fsp3) is 0.316. The third-order valence-corrected chi connectivity index (χ3v) is 4.24. The van der Waals surface area contributed by atoms with E-state index in [4.69, 9.17) is 9.15 Å². The number of nitrogens with zero attached hydrogens (tertiary/aromatic N) is 2. The number of hydrogen-bond donors (Lipinski definition) is 2. The minimum atomic E-state index is -0.423. The summed E-state index contributed by atoms with van der Waals surface area (Å²) < 4.78 is 24.3. The molecule has 0 aliphatic heterocycles. The van der Waals surface area contributed by atoms with E-state index in [-0.39, 0.29) is 23.8 Å². The summed E-state index contributed by atoms with van der Waals surface area (Å²) in [4.78, 5) is 20.3. The largest absolute Gasteiger partial charge is 0.467 e. The van der Waals surface area contributed by atoms with E-state index in [1.165, 1.54) is 31.6 Å². The van der Waals surface area contributed by atoms with Crippen LogP contribution < -0.4 is 15.4 Å². The van der Waals surface area contributed by atoms with Crippen molar-refractivity contribution in [3.05, 3.63) is 47.7 Å². The number of fused-ring (bicyclic) bond motifs is 1. The summed E-state index contributed by atoms with van der Waals surface area (Å²) in [6.45, 7) is 5.79. The summed E-state index contributed by atoms with van der Waals surface area (Å²) in [5, 5.41) is 6.28. The Hall–Kier alpha value is -3.16. The van der Waals surface area contributed by atoms with Crippen molar-refractivity contribution in [3.63, 3.8) is 0 Å². The number of carbonyl (C=O) groups is 1. The lowest BCUT2D eigenvalue weighted by Crippen LogP contribution is -2.35. The van der Waals surface area contributed by atoms with Gasteiger partial charge in [-0.1, -0.05) is 13.8 Å². The van der Waals surface area contributed by atoms with Crippen LogP contribution in [-0.4, -0.2) is 23.1 Å². The molecule has 2 N–H and O–H groups in total. The minimum absolute atomic E-state index is 0.0481. The highest BCUT2D eigenvalue weighted by atomic mass is 19.1. The van der Waals surface area contributed by atoms with E-state index >= 15 is 0 Å². The Kier molecular flexibility index (Phi) is 5.25. The minimum Gasteiger partial charge on any atom is -0.467 e. The second kappa shape index (κ2) is 7.61. The molecule has 0 fully saturated rings. The highest BCUT2D eigenvalue weighted by molar-refractivity contribution is 5.89. The van der Waals surface area contributed by atoms with Crippen molar-refractivity contribution in [2.75, 3.05) is 12.4 Å². The molecule has 0 bridgehead atoms. The Morgan fingerprint density at radius 2 is 1.96 bits per heavy atom. The number of anilines is 1. The molecule has 27 heavy (non-hydrogen) atoms. The van der Waals surface area contributed by atoms with Gasteiger partial charge < -0.3 is 19.8 Å². The van der Waals surface area contributed by atoms with Crippen LogP contribution in [0.5, 0.6) is 6.01 Å². The van der Waals surface area contributed by atoms with Crippen molar-refractivity contribution in [1.82, 2.24) is 15.3 Å². The molecule has 142 valence electrons. The van der Waals surface area contributed by atoms with Gasteiger partial charge in [0, 0.05) is 10.9 Å². The van der Waals surface area contributed by atoms with Crippen molar-refractivity contribution >= 4 is 22.7 Å². The van der Waals surface area contributed by atoms with Crippen LogP contribution in [0.25, 0.3) is 11.0 Å². The number of hydrogen-bond acceptors (Lipinski definition) is 5. The topological polar surface area (TPSA) is 89.3 Å². The van der Waals surface area contributed by atoms with Crippen molar-refractivity contribution in [1.29, 1.82) is 0 Å². The van der Waals surface area contributed by atoms with Gasteiger partial charge in [0.05, 0.1) is 31.2 Å². The second-order valence-electron chi connectivity index (χ2n) is 6.51. The Balaban J connectivity index is 1.81. The lowest BCUT2D eigenvalue weighted by Gasteiger charge is -2.21. The second-order valence-corrected chi connectivity index (χ2v) is 6.51. The number of aromatic nitrogens is 2. The van der Waals surface area contributed by atoms with E-state index < -0.39 is 6.03 Å². The molecule has 7 nitrogen and oxygen atoms in total. The number of aryl methyl sites for hydroxylation is 1. The van der Waals surface area contributed by atoms with Crippen molar-refractivity contribution in [3.8, 4) is 6.01 Å². The molecule has 2 amide bonds. The van der Waals surface area contributed by atoms with E-state index in [0.29, 0.717) is 22.4 Å². The zero-order chi connectivity index (χ0) is 19.6. The maximum Gasteiger partial charge on any atom is 0.319 e. The van der Waals surface area contributed by atoms with Crippen LogP contribution >= 0.6 is 0 Å². The van der Waals surface area contributed by atoms with Crippen LogP contribution in [-0.2, 0) is 0 Å². The highest BCUT2D eigenvalue weighted by Crippen LogP contribution is 2.33. The van der Waals surface area contributed by atoms with Gasteiger partial charge in [-0.3, -0.25) is 0 Å². The summed E-state index contributed by atoms with van der Waals surface area (Å²) in [6, 6.07) is 3.78. The quantitative estimate of drug-likeness (QED) is 0.701. The molecule has 2 aromatic heterocycles. The fourth-order valence-electron chi connectivity index (χ4n) is 2.84.